The van der Waals surface area contributed by atoms with Gasteiger partial charge in [-0.25, -0.2) is 0 Å². The van der Waals surface area contributed by atoms with Gasteiger partial charge in [0.05, 0.1) is 17.2 Å². The number of hydrogen-bond acceptors (Lipinski definition) is 4. The Bertz CT molecular complexity index is 709. The van der Waals surface area contributed by atoms with Crippen molar-refractivity contribution in [3.8, 4) is 0 Å². The van der Waals surface area contributed by atoms with Crippen molar-refractivity contribution in [2.75, 3.05) is 5.32 Å². The highest BCUT2D eigenvalue weighted by molar-refractivity contribution is 7.16. The predicted octanol–water partition coefficient (Wildman–Crippen LogP) is 4.69. The first kappa shape index (κ1) is 14.2. The first-order chi connectivity index (χ1) is 10.3. The first-order valence-electron chi connectivity index (χ1n) is 6.52. The predicted molar refractivity (Wildman–Crippen MR) is 85.9 cm³/mol. The Morgan fingerprint density at radius 3 is 2.67 bits per heavy atom. The number of anilines is 1. The Labute approximate surface area is 131 Å². The lowest BCUT2D eigenvalue weighted by Crippen LogP contribution is -2.11. The Morgan fingerprint density at radius 1 is 1.14 bits per heavy atom. The van der Waals surface area contributed by atoms with E-state index in [2.05, 4.69) is 5.32 Å². The maximum Gasteiger partial charge on any atom is 0.131 e. The van der Waals surface area contributed by atoms with Crippen molar-refractivity contribution in [3.05, 3.63) is 75.3 Å². The molecule has 1 atom stereocenters. The van der Waals surface area contributed by atoms with Gasteiger partial charge in [0.15, 0.2) is 0 Å². The third-order valence-electron chi connectivity index (χ3n) is 3.19. The summed E-state index contributed by atoms with van der Waals surface area (Å²) in [6.45, 7) is -0.0146. The van der Waals surface area contributed by atoms with Gasteiger partial charge >= 0.3 is 0 Å². The molecule has 3 nitrogen and oxygen atoms in total. The highest BCUT2D eigenvalue weighted by Gasteiger charge is 2.19. The summed E-state index contributed by atoms with van der Waals surface area (Å²) in [6.07, 6.45) is 1.65. The van der Waals surface area contributed by atoms with Crippen LogP contribution in [-0.4, -0.2) is 5.11 Å². The van der Waals surface area contributed by atoms with E-state index >= 15 is 0 Å². The maximum absolute atomic E-state index is 9.45. The van der Waals surface area contributed by atoms with Crippen molar-refractivity contribution in [1.29, 1.82) is 0 Å². The van der Waals surface area contributed by atoms with Gasteiger partial charge in [0, 0.05) is 16.1 Å². The molecule has 0 spiro atoms. The second-order valence-electron chi connectivity index (χ2n) is 4.55. The quantitative estimate of drug-likeness (QED) is 0.717. The van der Waals surface area contributed by atoms with E-state index in [1.165, 1.54) is 11.3 Å². The summed E-state index contributed by atoms with van der Waals surface area (Å²) in [6, 6.07) is 15.2. The van der Waals surface area contributed by atoms with E-state index in [4.69, 9.17) is 16.0 Å². The molecule has 1 unspecified atom stereocenters. The highest BCUT2D eigenvalue weighted by atomic mass is 35.5. The van der Waals surface area contributed by atoms with Gasteiger partial charge in [0.2, 0.25) is 0 Å². The van der Waals surface area contributed by atoms with Crippen molar-refractivity contribution >= 4 is 28.6 Å². The number of furan rings is 1. The van der Waals surface area contributed by atoms with Crippen LogP contribution < -0.4 is 5.32 Å². The summed E-state index contributed by atoms with van der Waals surface area (Å²) in [5.41, 5.74) is 1.72. The van der Waals surface area contributed by atoms with Gasteiger partial charge in [-0.05, 0) is 30.3 Å². The topological polar surface area (TPSA) is 45.4 Å². The fraction of sp³-hybridized carbons (Fsp3) is 0.125. The Balaban J connectivity index is 1.97. The van der Waals surface area contributed by atoms with Crippen molar-refractivity contribution in [2.24, 2.45) is 0 Å². The molecule has 0 aliphatic heterocycles. The average molecular weight is 320 g/mol. The summed E-state index contributed by atoms with van der Waals surface area (Å²) in [5, 5.41) is 12.9. The Kier molecular flexibility index (Phi) is 4.29. The molecule has 0 fully saturated rings. The van der Waals surface area contributed by atoms with Gasteiger partial charge in [-0.15, -0.1) is 11.3 Å². The molecule has 0 aliphatic rings. The molecule has 2 N–H and O–H groups in total. The van der Waals surface area contributed by atoms with Gasteiger partial charge in [-0.3, -0.25) is 0 Å². The zero-order valence-corrected chi connectivity index (χ0v) is 12.7. The number of thiophene rings is 1. The molecule has 2 heterocycles. The zero-order valence-electron chi connectivity index (χ0n) is 11.1. The second kappa shape index (κ2) is 6.35. The molecule has 0 saturated heterocycles. The molecular formula is C16H14ClNO2S. The van der Waals surface area contributed by atoms with E-state index in [1.807, 2.05) is 48.5 Å². The summed E-state index contributed by atoms with van der Waals surface area (Å²) >= 11 is 7.55. The summed E-state index contributed by atoms with van der Waals surface area (Å²) < 4.78 is 6.28. The highest BCUT2D eigenvalue weighted by Crippen LogP contribution is 2.34. The molecule has 0 aliphatic carbocycles. The van der Waals surface area contributed by atoms with Crippen molar-refractivity contribution < 1.29 is 9.52 Å². The molecule has 3 aromatic rings. The molecule has 21 heavy (non-hydrogen) atoms. The van der Waals surface area contributed by atoms with Crippen molar-refractivity contribution in [2.45, 2.75) is 12.6 Å². The lowest BCUT2D eigenvalue weighted by molar-refractivity contribution is 0.282. The van der Waals surface area contributed by atoms with Gasteiger partial charge in [-0.2, -0.15) is 0 Å². The van der Waals surface area contributed by atoms with E-state index in [0.717, 1.165) is 26.2 Å². The van der Waals surface area contributed by atoms with Crippen LogP contribution in [0.5, 0.6) is 0 Å². The smallest absolute Gasteiger partial charge is 0.131 e. The number of benzene rings is 1. The summed E-state index contributed by atoms with van der Waals surface area (Å²) in [5.74, 6) is 0.807. The van der Waals surface area contributed by atoms with Crippen LogP contribution in [0.3, 0.4) is 0 Å². The van der Waals surface area contributed by atoms with Crippen LogP contribution >= 0.6 is 22.9 Å². The van der Waals surface area contributed by atoms with Crippen LogP contribution in [0.4, 0.5) is 5.69 Å². The van der Waals surface area contributed by atoms with Crippen LogP contribution in [0, 0.1) is 0 Å². The SMILES string of the molecule is OCc1ccccc1NC(c1ccco1)c1ccc(Cl)s1. The van der Waals surface area contributed by atoms with E-state index in [1.54, 1.807) is 6.26 Å². The number of hydrogen-bond donors (Lipinski definition) is 2. The number of aliphatic hydroxyl groups excluding tert-OH is 1. The van der Waals surface area contributed by atoms with E-state index in [9.17, 15) is 5.11 Å². The number of nitrogens with one attached hydrogen (secondary N) is 1. The average Bonchev–Trinajstić information content (AvgIpc) is 3.17. The van der Waals surface area contributed by atoms with E-state index in [-0.39, 0.29) is 12.6 Å². The van der Waals surface area contributed by atoms with E-state index in [0.29, 0.717) is 0 Å². The third kappa shape index (κ3) is 3.13. The Morgan fingerprint density at radius 2 is 2.00 bits per heavy atom. The monoisotopic (exact) mass is 319 g/mol. The van der Waals surface area contributed by atoms with Gasteiger partial charge in [-0.1, -0.05) is 29.8 Å². The van der Waals surface area contributed by atoms with Crippen molar-refractivity contribution in [3.63, 3.8) is 0 Å². The maximum atomic E-state index is 9.45. The van der Waals surface area contributed by atoms with Crippen molar-refractivity contribution in [1.82, 2.24) is 0 Å². The van der Waals surface area contributed by atoms with Crippen LogP contribution in [0.15, 0.2) is 59.2 Å². The van der Waals surface area contributed by atoms with Crippen LogP contribution in [0.25, 0.3) is 0 Å². The van der Waals surface area contributed by atoms with Crippen LogP contribution in [0.1, 0.15) is 22.2 Å². The first-order valence-corrected chi connectivity index (χ1v) is 7.71. The molecule has 0 saturated carbocycles. The van der Waals surface area contributed by atoms with Crippen LogP contribution in [0.2, 0.25) is 4.34 Å². The lowest BCUT2D eigenvalue weighted by Gasteiger charge is -2.18. The number of para-hydroxylation sites is 1. The minimum atomic E-state index is -0.134. The summed E-state index contributed by atoms with van der Waals surface area (Å²) in [4.78, 5) is 1.06. The molecular weight excluding hydrogens is 306 g/mol. The fourth-order valence-electron chi connectivity index (χ4n) is 2.18. The third-order valence-corrected chi connectivity index (χ3v) is 4.49. The molecule has 1 aromatic carbocycles. The van der Waals surface area contributed by atoms with Gasteiger partial charge in [0.25, 0.3) is 0 Å². The number of rotatable bonds is 5. The largest absolute Gasteiger partial charge is 0.467 e. The standard InChI is InChI=1S/C16H14ClNO2S/c17-15-8-7-14(21-15)16(13-6-3-9-20-13)18-12-5-2-1-4-11(12)10-19/h1-9,16,18-19H,10H2. The van der Waals surface area contributed by atoms with Gasteiger partial charge in [0.1, 0.15) is 11.8 Å². The molecule has 2 aromatic heterocycles. The molecule has 0 amide bonds. The molecule has 0 bridgehead atoms. The zero-order chi connectivity index (χ0) is 14.7. The molecule has 3 rings (SSSR count). The lowest BCUT2D eigenvalue weighted by atomic mass is 10.1. The van der Waals surface area contributed by atoms with Gasteiger partial charge < -0.3 is 14.8 Å². The number of aliphatic hydroxyl groups is 1. The van der Waals surface area contributed by atoms with Crippen LogP contribution in [-0.2, 0) is 6.61 Å². The fourth-order valence-corrected chi connectivity index (χ4v) is 3.30. The van der Waals surface area contributed by atoms with E-state index < -0.39 is 0 Å². The molecule has 108 valence electrons. The molecule has 0 radical (unpaired) electrons. The number of halogens is 1. The normalized spacial score (nSPS) is 12.3. The minimum absolute atomic E-state index is 0.0146. The second-order valence-corrected chi connectivity index (χ2v) is 6.30. The molecule has 5 heteroatoms. The minimum Gasteiger partial charge on any atom is -0.467 e. The summed E-state index contributed by atoms with van der Waals surface area (Å²) in [7, 11) is 0. The Hall–Kier alpha value is -1.75.